The molecule has 152 valence electrons. The summed E-state index contributed by atoms with van der Waals surface area (Å²) in [6.45, 7) is 2.23. The lowest BCUT2D eigenvalue weighted by Gasteiger charge is -2.33. The van der Waals surface area contributed by atoms with Gasteiger partial charge in [0.15, 0.2) is 15.1 Å². The Morgan fingerprint density at radius 1 is 0.833 bits per heavy atom. The van der Waals surface area contributed by atoms with E-state index < -0.39 is 26.9 Å². The molecule has 2 unspecified atom stereocenters. The Kier molecular flexibility index (Phi) is 5.55. The summed E-state index contributed by atoms with van der Waals surface area (Å²) in [7, 11) is -3.89. The van der Waals surface area contributed by atoms with E-state index in [-0.39, 0.29) is 4.90 Å². The molecule has 3 aromatic carbocycles. The number of hydrogen-bond donors (Lipinski definition) is 0. The van der Waals surface area contributed by atoms with Crippen LogP contribution in [0.5, 0.6) is 0 Å². The summed E-state index contributed by atoms with van der Waals surface area (Å²) in [6, 6.07) is 25.6. The molecule has 1 heterocycles. The van der Waals surface area contributed by atoms with Crippen molar-refractivity contribution in [2.45, 2.75) is 29.5 Å². The molecule has 0 aliphatic carbocycles. The minimum atomic E-state index is -3.89. The maximum Gasteiger partial charge on any atom is 0.246 e. The van der Waals surface area contributed by atoms with Gasteiger partial charge in [0.1, 0.15) is 0 Å². The van der Waals surface area contributed by atoms with Crippen molar-refractivity contribution >= 4 is 15.7 Å². The molecule has 0 fully saturated rings. The van der Waals surface area contributed by atoms with E-state index >= 15 is 0 Å². The van der Waals surface area contributed by atoms with Gasteiger partial charge < -0.3 is 4.90 Å². The molecule has 4 nitrogen and oxygen atoms in total. The molecule has 0 radical (unpaired) electrons. The lowest BCUT2D eigenvalue weighted by molar-refractivity contribution is -0.129. The fraction of sp³-hybridized carbons (Fsp3) is 0.160. The third-order valence-corrected chi connectivity index (χ3v) is 7.48. The van der Waals surface area contributed by atoms with Gasteiger partial charge in [0.05, 0.1) is 11.4 Å². The molecule has 30 heavy (non-hydrogen) atoms. The van der Waals surface area contributed by atoms with Crippen molar-refractivity contribution in [3.8, 4) is 0 Å². The molecule has 0 saturated heterocycles. The summed E-state index contributed by atoms with van der Waals surface area (Å²) in [5.74, 6) is -0.951. The van der Waals surface area contributed by atoms with Gasteiger partial charge in [-0.3, -0.25) is 4.79 Å². The van der Waals surface area contributed by atoms with Gasteiger partial charge in [-0.15, -0.1) is 0 Å². The second-order valence-corrected chi connectivity index (χ2v) is 9.58. The number of carbonyl (C=O) groups is 1. The van der Waals surface area contributed by atoms with Crippen LogP contribution >= 0.6 is 0 Å². The summed E-state index contributed by atoms with van der Waals surface area (Å²) in [4.78, 5) is 15.2. The van der Waals surface area contributed by atoms with Crippen LogP contribution in [0.15, 0.2) is 102 Å². The van der Waals surface area contributed by atoms with Crippen LogP contribution in [-0.2, 0) is 21.2 Å². The number of benzene rings is 3. The second-order valence-electron chi connectivity index (χ2n) is 7.51. The van der Waals surface area contributed by atoms with Crippen molar-refractivity contribution in [2.24, 2.45) is 0 Å². The van der Waals surface area contributed by atoms with Crippen LogP contribution in [0.1, 0.15) is 22.6 Å². The van der Waals surface area contributed by atoms with Gasteiger partial charge >= 0.3 is 0 Å². The maximum absolute atomic E-state index is 13.6. The Hall–Kier alpha value is -3.18. The van der Waals surface area contributed by atoms with Crippen LogP contribution in [0.4, 0.5) is 0 Å². The fourth-order valence-electron chi connectivity index (χ4n) is 3.76. The summed E-state index contributed by atoms with van der Waals surface area (Å²) in [6.07, 6.45) is 3.55. The van der Waals surface area contributed by atoms with E-state index in [1.54, 1.807) is 30.5 Å². The van der Waals surface area contributed by atoms with E-state index in [4.69, 9.17) is 0 Å². The highest BCUT2D eigenvalue weighted by Gasteiger charge is 2.44. The zero-order valence-corrected chi connectivity index (χ0v) is 17.5. The van der Waals surface area contributed by atoms with Gasteiger partial charge in [-0.25, -0.2) is 8.42 Å². The van der Waals surface area contributed by atoms with Gasteiger partial charge in [-0.05, 0) is 30.2 Å². The lowest BCUT2D eigenvalue weighted by atomic mass is 9.92. The summed E-state index contributed by atoms with van der Waals surface area (Å²) in [5, 5.41) is -1.21. The third kappa shape index (κ3) is 3.94. The van der Waals surface area contributed by atoms with Crippen LogP contribution in [0.25, 0.3) is 0 Å². The van der Waals surface area contributed by atoms with E-state index in [1.807, 2.05) is 73.7 Å². The fourth-order valence-corrected chi connectivity index (χ4v) is 5.60. The first-order valence-electron chi connectivity index (χ1n) is 9.85. The highest BCUT2D eigenvalue weighted by atomic mass is 32.2. The molecule has 0 saturated carbocycles. The Morgan fingerprint density at radius 2 is 1.43 bits per heavy atom. The predicted molar refractivity (Wildman–Crippen MR) is 117 cm³/mol. The molecule has 1 aliphatic rings. The topological polar surface area (TPSA) is 54.5 Å². The number of hydrogen-bond acceptors (Lipinski definition) is 3. The molecular formula is C25H23NO3S. The van der Waals surface area contributed by atoms with Crippen LogP contribution < -0.4 is 0 Å². The number of allylic oxidation sites excluding steroid dienone is 1. The Balaban J connectivity index is 1.77. The minimum absolute atomic E-state index is 0.169. The third-order valence-electron chi connectivity index (χ3n) is 5.39. The summed E-state index contributed by atoms with van der Waals surface area (Å²) >= 11 is 0. The van der Waals surface area contributed by atoms with Crippen molar-refractivity contribution in [1.29, 1.82) is 0 Å². The quantitative estimate of drug-likeness (QED) is 0.615. The molecule has 5 heteroatoms. The standard InChI is InChI=1S/C25H23NO3S/c1-19-12-14-22(15-13-19)30(28,29)24-23(21-10-6-3-7-11-21)16-17-26(25(24)27)18-20-8-4-2-5-9-20/h2-17,23-24H,18H2,1H3. The van der Waals surface area contributed by atoms with Gasteiger partial charge in [0.2, 0.25) is 5.91 Å². The summed E-state index contributed by atoms with van der Waals surface area (Å²) in [5.41, 5.74) is 2.72. The molecule has 0 N–H and O–H groups in total. The van der Waals surface area contributed by atoms with Crippen molar-refractivity contribution < 1.29 is 13.2 Å². The van der Waals surface area contributed by atoms with E-state index in [1.165, 1.54) is 4.90 Å². The minimum Gasteiger partial charge on any atom is -0.314 e. The average molecular weight is 418 g/mol. The van der Waals surface area contributed by atoms with Crippen LogP contribution in [0, 0.1) is 6.92 Å². The molecule has 0 aromatic heterocycles. The second kappa shape index (κ2) is 8.28. The number of rotatable bonds is 5. The molecule has 0 bridgehead atoms. The molecule has 2 atom stereocenters. The Bertz CT molecular complexity index is 1150. The first kappa shape index (κ1) is 20.1. The zero-order chi connectivity index (χ0) is 21.1. The van der Waals surface area contributed by atoms with Crippen molar-refractivity contribution in [1.82, 2.24) is 4.90 Å². The number of aryl methyl sites for hydroxylation is 1. The van der Waals surface area contributed by atoms with Crippen molar-refractivity contribution in [3.63, 3.8) is 0 Å². The Labute approximate surface area is 177 Å². The van der Waals surface area contributed by atoms with Gasteiger partial charge in [-0.1, -0.05) is 84.4 Å². The molecule has 1 amide bonds. The van der Waals surface area contributed by atoms with Crippen molar-refractivity contribution in [3.05, 3.63) is 114 Å². The zero-order valence-electron chi connectivity index (χ0n) is 16.7. The molecule has 1 aliphatic heterocycles. The van der Waals surface area contributed by atoms with Crippen LogP contribution in [0.2, 0.25) is 0 Å². The number of sulfone groups is 1. The number of nitrogens with zero attached hydrogens (tertiary/aromatic N) is 1. The number of carbonyl (C=O) groups excluding carboxylic acids is 1. The number of amides is 1. The summed E-state index contributed by atoms with van der Waals surface area (Å²) < 4.78 is 27.2. The highest BCUT2D eigenvalue weighted by molar-refractivity contribution is 7.92. The first-order chi connectivity index (χ1) is 14.5. The molecular weight excluding hydrogens is 394 g/mol. The lowest BCUT2D eigenvalue weighted by Crippen LogP contribution is -2.46. The van der Waals surface area contributed by atoms with Crippen molar-refractivity contribution in [2.75, 3.05) is 0 Å². The van der Waals surface area contributed by atoms with E-state index in [0.717, 1.165) is 16.7 Å². The van der Waals surface area contributed by atoms with E-state index in [2.05, 4.69) is 0 Å². The molecule has 0 spiro atoms. The van der Waals surface area contributed by atoms with Gasteiger partial charge in [0, 0.05) is 12.1 Å². The average Bonchev–Trinajstić information content (AvgIpc) is 2.76. The highest BCUT2D eigenvalue weighted by Crippen LogP contribution is 2.35. The Morgan fingerprint density at radius 3 is 2.07 bits per heavy atom. The van der Waals surface area contributed by atoms with E-state index in [0.29, 0.717) is 6.54 Å². The predicted octanol–water partition coefficient (Wildman–Crippen LogP) is 4.48. The molecule has 4 rings (SSSR count). The van der Waals surface area contributed by atoms with Gasteiger partial charge in [-0.2, -0.15) is 0 Å². The first-order valence-corrected chi connectivity index (χ1v) is 11.4. The SMILES string of the molecule is Cc1ccc(S(=O)(=O)C2C(=O)N(Cc3ccccc3)C=CC2c2ccccc2)cc1. The smallest absolute Gasteiger partial charge is 0.246 e. The largest absolute Gasteiger partial charge is 0.314 e. The molecule has 3 aromatic rings. The van der Waals surface area contributed by atoms with Crippen LogP contribution in [-0.4, -0.2) is 24.5 Å². The normalized spacial score (nSPS) is 19.1. The van der Waals surface area contributed by atoms with Gasteiger partial charge in [0.25, 0.3) is 0 Å². The maximum atomic E-state index is 13.6. The van der Waals surface area contributed by atoms with Crippen LogP contribution in [0.3, 0.4) is 0 Å². The van der Waals surface area contributed by atoms with E-state index in [9.17, 15) is 13.2 Å². The monoisotopic (exact) mass is 417 g/mol.